The highest BCUT2D eigenvalue weighted by molar-refractivity contribution is 9.10. The number of ether oxygens (including phenoxy) is 2. The Kier molecular flexibility index (Phi) is 2.54. The summed E-state index contributed by atoms with van der Waals surface area (Å²) in [6, 6.07) is 6.00. The zero-order chi connectivity index (χ0) is 10.2. The van der Waals surface area contributed by atoms with Crippen molar-refractivity contribution in [3.63, 3.8) is 0 Å². The molecule has 1 heterocycles. The van der Waals surface area contributed by atoms with E-state index in [1.165, 1.54) is 5.56 Å². The molecule has 1 fully saturated rings. The third kappa shape index (κ3) is 2.10. The molecule has 76 valence electrons. The quantitative estimate of drug-likeness (QED) is 0.776. The van der Waals surface area contributed by atoms with Crippen LogP contribution in [0.2, 0.25) is 0 Å². The predicted molar refractivity (Wildman–Crippen MR) is 58.7 cm³/mol. The summed E-state index contributed by atoms with van der Waals surface area (Å²) in [5.74, 6) is 0.890. The zero-order valence-corrected chi connectivity index (χ0v) is 9.93. The second-order valence-corrected chi connectivity index (χ2v) is 4.71. The molecule has 0 aromatic heterocycles. The van der Waals surface area contributed by atoms with Crippen LogP contribution in [0.4, 0.5) is 0 Å². The Hall–Kier alpha value is -0.540. The van der Waals surface area contributed by atoms with Crippen LogP contribution < -0.4 is 4.74 Å². The normalized spacial score (nSPS) is 24.8. The van der Waals surface area contributed by atoms with Gasteiger partial charge >= 0.3 is 0 Å². The SMILES string of the molecule is Cc1cccc(OCC2(C)CO2)c1Br. The standard InChI is InChI=1S/C11H13BrO2/c1-8-4-3-5-9(10(8)12)13-6-11(2)7-14-11/h3-5H,6-7H2,1-2H3. The summed E-state index contributed by atoms with van der Waals surface area (Å²) < 4.78 is 12.0. The average Bonchev–Trinajstić information content (AvgIpc) is 2.88. The smallest absolute Gasteiger partial charge is 0.133 e. The van der Waals surface area contributed by atoms with Gasteiger partial charge in [-0.1, -0.05) is 12.1 Å². The van der Waals surface area contributed by atoms with Crippen LogP contribution in [0.3, 0.4) is 0 Å². The molecule has 1 saturated heterocycles. The number of benzene rings is 1. The molecule has 0 spiro atoms. The molecule has 0 N–H and O–H groups in total. The summed E-state index contributed by atoms with van der Waals surface area (Å²) in [5.41, 5.74) is 1.13. The Morgan fingerprint density at radius 3 is 2.93 bits per heavy atom. The summed E-state index contributed by atoms with van der Waals surface area (Å²) >= 11 is 3.50. The van der Waals surface area contributed by atoms with Gasteiger partial charge in [-0.05, 0) is 41.4 Å². The van der Waals surface area contributed by atoms with Crippen molar-refractivity contribution in [2.45, 2.75) is 19.4 Å². The summed E-state index contributed by atoms with van der Waals surface area (Å²) in [4.78, 5) is 0. The summed E-state index contributed by atoms with van der Waals surface area (Å²) in [5, 5.41) is 0. The molecule has 2 nitrogen and oxygen atoms in total. The first kappa shape index (κ1) is 9.99. The molecule has 1 aromatic rings. The zero-order valence-electron chi connectivity index (χ0n) is 8.34. The van der Waals surface area contributed by atoms with E-state index in [4.69, 9.17) is 9.47 Å². The molecule has 0 bridgehead atoms. The number of rotatable bonds is 3. The van der Waals surface area contributed by atoms with Crippen LogP contribution in [0.5, 0.6) is 5.75 Å². The van der Waals surface area contributed by atoms with Gasteiger partial charge < -0.3 is 9.47 Å². The first-order valence-corrected chi connectivity index (χ1v) is 5.42. The molecule has 3 heteroatoms. The number of halogens is 1. The van der Waals surface area contributed by atoms with Crippen molar-refractivity contribution in [3.05, 3.63) is 28.2 Å². The fraction of sp³-hybridized carbons (Fsp3) is 0.455. The minimum atomic E-state index is -0.0524. The Morgan fingerprint density at radius 1 is 1.57 bits per heavy atom. The van der Waals surface area contributed by atoms with Crippen molar-refractivity contribution in [1.29, 1.82) is 0 Å². The van der Waals surface area contributed by atoms with Gasteiger partial charge in [-0.3, -0.25) is 0 Å². The van der Waals surface area contributed by atoms with Gasteiger partial charge in [0.2, 0.25) is 0 Å². The molecule has 1 aromatic carbocycles. The van der Waals surface area contributed by atoms with E-state index >= 15 is 0 Å². The molecule has 0 radical (unpaired) electrons. The second kappa shape index (κ2) is 3.55. The lowest BCUT2D eigenvalue weighted by molar-refractivity contribution is 0.201. The lowest BCUT2D eigenvalue weighted by Gasteiger charge is -2.11. The highest BCUT2D eigenvalue weighted by Crippen LogP contribution is 2.31. The highest BCUT2D eigenvalue weighted by atomic mass is 79.9. The van der Waals surface area contributed by atoms with Gasteiger partial charge in [-0.25, -0.2) is 0 Å². The van der Waals surface area contributed by atoms with Gasteiger partial charge in [0, 0.05) is 0 Å². The van der Waals surface area contributed by atoms with E-state index in [0.29, 0.717) is 6.61 Å². The topological polar surface area (TPSA) is 21.8 Å². The summed E-state index contributed by atoms with van der Waals surface area (Å²) in [6.07, 6.45) is 0. The third-order valence-electron chi connectivity index (χ3n) is 2.33. The van der Waals surface area contributed by atoms with E-state index in [1.807, 2.05) is 25.1 Å². The minimum absolute atomic E-state index is 0.0524. The molecular formula is C11H13BrO2. The first-order valence-electron chi connectivity index (χ1n) is 4.63. The molecule has 1 atom stereocenters. The van der Waals surface area contributed by atoms with E-state index in [0.717, 1.165) is 16.8 Å². The van der Waals surface area contributed by atoms with Crippen molar-refractivity contribution in [2.75, 3.05) is 13.2 Å². The van der Waals surface area contributed by atoms with Gasteiger partial charge in [0.05, 0.1) is 11.1 Å². The van der Waals surface area contributed by atoms with Gasteiger partial charge in [-0.2, -0.15) is 0 Å². The van der Waals surface area contributed by atoms with Crippen molar-refractivity contribution in [2.24, 2.45) is 0 Å². The lowest BCUT2D eigenvalue weighted by atomic mass is 10.2. The predicted octanol–water partition coefficient (Wildman–Crippen LogP) is 2.93. The minimum Gasteiger partial charge on any atom is -0.489 e. The van der Waals surface area contributed by atoms with Crippen molar-refractivity contribution >= 4 is 15.9 Å². The van der Waals surface area contributed by atoms with Gasteiger partial charge in [0.25, 0.3) is 0 Å². The van der Waals surface area contributed by atoms with Crippen LogP contribution >= 0.6 is 15.9 Å². The van der Waals surface area contributed by atoms with E-state index in [2.05, 4.69) is 22.9 Å². The Balaban J connectivity index is 2.05. The first-order chi connectivity index (χ1) is 6.61. The van der Waals surface area contributed by atoms with Crippen molar-refractivity contribution in [1.82, 2.24) is 0 Å². The van der Waals surface area contributed by atoms with Crippen LogP contribution in [0.1, 0.15) is 12.5 Å². The van der Waals surface area contributed by atoms with Gasteiger partial charge in [0.15, 0.2) is 0 Å². The molecular weight excluding hydrogens is 244 g/mol. The molecule has 1 aliphatic heterocycles. The van der Waals surface area contributed by atoms with E-state index in [9.17, 15) is 0 Å². The fourth-order valence-corrected chi connectivity index (χ4v) is 1.55. The van der Waals surface area contributed by atoms with Crippen LogP contribution in [-0.2, 0) is 4.74 Å². The monoisotopic (exact) mass is 256 g/mol. The van der Waals surface area contributed by atoms with Gasteiger partial charge in [0.1, 0.15) is 18.0 Å². The Labute approximate surface area is 92.3 Å². The summed E-state index contributed by atoms with van der Waals surface area (Å²) in [6.45, 7) is 5.52. The average molecular weight is 257 g/mol. The highest BCUT2D eigenvalue weighted by Gasteiger charge is 2.40. The fourth-order valence-electron chi connectivity index (χ4n) is 1.17. The van der Waals surface area contributed by atoms with Crippen LogP contribution in [0.25, 0.3) is 0 Å². The van der Waals surface area contributed by atoms with E-state index < -0.39 is 0 Å². The van der Waals surface area contributed by atoms with Crippen LogP contribution in [0, 0.1) is 6.92 Å². The Bertz CT molecular complexity index is 345. The largest absolute Gasteiger partial charge is 0.489 e. The molecule has 14 heavy (non-hydrogen) atoms. The molecule has 1 aliphatic rings. The molecule has 1 unspecified atom stereocenters. The van der Waals surface area contributed by atoms with Crippen LogP contribution in [0.15, 0.2) is 22.7 Å². The molecule has 2 rings (SSSR count). The summed E-state index contributed by atoms with van der Waals surface area (Å²) in [7, 11) is 0. The maximum absolute atomic E-state index is 5.67. The second-order valence-electron chi connectivity index (χ2n) is 3.91. The van der Waals surface area contributed by atoms with Crippen molar-refractivity contribution in [3.8, 4) is 5.75 Å². The molecule has 0 amide bonds. The number of hydrogen-bond acceptors (Lipinski definition) is 2. The number of aryl methyl sites for hydroxylation is 1. The maximum atomic E-state index is 5.67. The molecule has 0 saturated carbocycles. The van der Waals surface area contributed by atoms with Crippen LogP contribution in [-0.4, -0.2) is 18.8 Å². The number of epoxide rings is 1. The molecule has 0 aliphatic carbocycles. The van der Waals surface area contributed by atoms with E-state index in [-0.39, 0.29) is 5.60 Å². The third-order valence-corrected chi connectivity index (χ3v) is 3.34. The maximum Gasteiger partial charge on any atom is 0.133 e. The Morgan fingerprint density at radius 2 is 2.29 bits per heavy atom. The van der Waals surface area contributed by atoms with E-state index in [1.54, 1.807) is 0 Å². The lowest BCUT2D eigenvalue weighted by Crippen LogP contribution is -2.17. The number of hydrogen-bond donors (Lipinski definition) is 0. The van der Waals surface area contributed by atoms with Gasteiger partial charge in [-0.15, -0.1) is 0 Å². The van der Waals surface area contributed by atoms with Crippen molar-refractivity contribution < 1.29 is 9.47 Å².